The molecular formula is C19H26O6. The minimum atomic E-state index is -0.649. The highest BCUT2D eigenvalue weighted by Crippen LogP contribution is 2.46. The Morgan fingerprint density at radius 2 is 1.92 bits per heavy atom. The lowest BCUT2D eigenvalue weighted by molar-refractivity contribution is -0.147. The van der Waals surface area contributed by atoms with E-state index in [0.717, 1.165) is 12.0 Å². The van der Waals surface area contributed by atoms with E-state index in [9.17, 15) is 19.5 Å². The molecule has 0 aliphatic heterocycles. The fourth-order valence-electron chi connectivity index (χ4n) is 3.92. The first-order chi connectivity index (χ1) is 11.8. The van der Waals surface area contributed by atoms with E-state index in [-0.39, 0.29) is 36.8 Å². The van der Waals surface area contributed by atoms with Crippen molar-refractivity contribution >= 4 is 17.7 Å². The van der Waals surface area contributed by atoms with Gasteiger partial charge < -0.3 is 14.6 Å². The van der Waals surface area contributed by atoms with Crippen molar-refractivity contribution in [2.24, 2.45) is 17.8 Å². The van der Waals surface area contributed by atoms with Crippen LogP contribution in [0.1, 0.15) is 40.0 Å². The van der Waals surface area contributed by atoms with E-state index in [1.807, 2.05) is 0 Å². The summed E-state index contributed by atoms with van der Waals surface area (Å²) in [6.07, 6.45) is 1.24. The van der Waals surface area contributed by atoms with E-state index in [2.05, 4.69) is 13.5 Å². The van der Waals surface area contributed by atoms with Crippen molar-refractivity contribution < 1.29 is 29.0 Å². The summed E-state index contributed by atoms with van der Waals surface area (Å²) in [5.41, 5.74) is 1.75. The average Bonchev–Trinajstić information content (AvgIpc) is 2.80. The molecular weight excluding hydrogens is 324 g/mol. The molecule has 0 spiro atoms. The molecule has 1 saturated carbocycles. The number of fused-ring (bicyclic) bond motifs is 1. The Morgan fingerprint density at radius 1 is 1.24 bits per heavy atom. The Bertz CT molecular complexity index is 617. The Morgan fingerprint density at radius 3 is 2.48 bits per heavy atom. The lowest BCUT2D eigenvalue weighted by Crippen LogP contribution is -2.31. The van der Waals surface area contributed by atoms with Gasteiger partial charge in [0.1, 0.15) is 12.7 Å². The molecule has 0 radical (unpaired) electrons. The molecule has 25 heavy (non-hydrogen) atoms. The van der Waals surface area contributed by atoms with Crippen molar-refractivity contribution in [1.29, 1.82) is 0 Å². The number of Topliss-reactive ketones (excluding diaryl/α,β-unsaturated/α-hetero) is 1. The van der Waals surface area contributed by atoms with Crippen molar-refractivity contribution in [2.45, 2.75) is 46.1 Å². The van der Waals surface area contributed by atoms with Gasteiger partial charge in [-0.3, -0.25) is 14.4 Å². The number of carbonyl (C=O) groups is 3. The van der Waals surface area contributed by atoms with Gasteiger partial charge in [0.2, 0.25) is 0 Å². The zero-order valence-electron chi connectivity index (χ0n) is 15.0. The van der Waals surface area contributed by atoms with Crippen LogP contribution in [0.5, 0.6) is 0 Å². The maximum Gasteiger partial charge on any atom is 0.303 e. The Balaban J connectivity index is 2.52. The number of ketones is 1. The van der Waals surface area contributed by atoms with E-state index in [1.54, 1.807) is 0 Å². The minimum absolute atomic E-state index is 0.0427. The van der Waals surface area contributed by atoms with Crippen LogP contribution in [0.25, 0.3) is 0 Å². The predicted molar refractivity (Wildman–Crippen MR) is 90.4 cm³/mol. The molecule has 1 N–H and O–H groups in total. The average molecular weight is 350 g/mol. The van der Waals surface area contributed by atoms with Crippen LogP contribution >= 0.6 is 0 Å². The van der Waals surface area contributed by atoms with Gasteiger partial charge in [0, 0.05) is 31.8 Å². The molecule has 2 aliphatic carbocycles. The van der Waals surface area contributed by atoms with Crippen LogP contribution in [0.3, 0.4) is 0 Å². The number of hydrogen-bond acceptors (Lipinski definition) is 6. The Hall–Kier alpha value is -1.95. The number of hydrogen-bond donors (Lipinski definition) is 1. The summed E-state index contributed by atoms with van der Waals surface area (Å²) in [5, 5.41) is 9.54. The highest BCUT2D eigenvalue weighted by atomic mass is 16.5. The van der Waals surface area contributed by atoms with Gasteiger partial charge in [-0.05, 0) is 35.8 Å². The van der Waals surface area contributed by atoms with Crippen LogP contribution in [0.4, 0.5) is 0 Å². The number of carbonyl (C=O) groups excluding carboxylic acids is 3. The lowest BCUT2D eigenvalue weighted by atomic mass is 9.84. The predicted octanol–water partition coefficient (Wildman–Crippen LogP) is 1.96. The van der Waals surface area contributed by atoms with E-state index < -0.39 is 18.0 Å². The zero-order chi connectivity index (χ0) is 18.7. The van der Waals surface area contributed by atoms with Gasteiger partial charge in [-0.2, -0.15) is 0 Å². The monoisotopic (exact) mass is 350 g/mol. The number of ether oxygens (including phenoxy) is 2. The second kappa shape index (κ2) is 7.95. The molecule has 6 heteroatoms. The molecule has 0 aromatic carbocycles. The van der Waals surface area contributed by atoms with Crippen molar-refractivity contribution in [3.8, 4) is 0 Å². The Labute approximate surface area is 147 Å². The van der Waals surface area contributed by atoms with Gasteiger partial charge in [0.25, 0.3) is 0 Å². The second-order valence-electron chi connectivity index (χ2n) is 6.96. The molecule has 0 aromatic heterocycles. The van der Waals surface area contributed by atoms with E-state index in [4.69, 9.17) is 9.47 Å². The molecule has 4 atom stereocenters. The maximum atomic E-state index is 12.5. The number of aliphatic hydroxyl groups is 1. The van der Waals surface area contributed by atoms with Gasteiger partial charge in [-0.15, -0.1) is 0 Å². The van der Waals surface area contributed by atoms with Crippen LogP contribution < -0.4 is 0 Å². The van der Waals surface area contributed by atoms with E-state index in [1.165, 1.54) is 13.8 Å². The van der Waals surface area contributed by atoms with Crippen LogP contribution in [0, 0.1) is 17.8 Å². The van der Waals surface area contributed by atoms with Gasteiger partial charge >= 0.3 is 11.9 Å². The van der Waals surface area contributed by atoms with Crippen molar-refractivity contribution in [1.82, 2.24) is 0 Å². The molecule has 138 valence electrons. The number of esters is 2. The molecule has 0 aromatic rings. The van der Waals surface area contributed by atoms with Crippen molar-refractivity contribution in [2.75, 3.05) is 13.2 Å². The van der Waals surface area contributed by atoms with Crippen molar-refractivity contribution in [3.05, 3.63) is 23.3 Å². The summed E-state index contributed by atoms with van der Waals surface area (Å²) in [4.78, 5) is 35.4. The number of rotatable bonds is 5. The molecule has 0 saturated heterocycles. The van der Waals surface area contributed by atoms with Crippen LogP contribution in [0.15, 0.2) is 23.3 Å². The molecule has 6 nitrogen and oxygen atoms in total. The molecule has 2 aliphatic rings. The molecule has 4 unspecified atom stereocenters. The summed E-state index contributed by atoms with van der Waals surface area (Å²) < 4.78 is 10.7. The quantitative estimate of drug-likeness (QED) is 0.602. The van der Waals surface area contributed by atoms with Crippen LogP contribution in [-0.2, 0) is 23.9 Å². The highest BCUT2D eigenvalue weighted by Gasteiger charge is 2.45. The standard InChI is InChI=1S/C19H26O6/c1-10-5-6-14(11(2)8-20)19(25-13(4)22)18-15(10)7-17(23)16(18)9-24-12(3)21/h10,14-15,19-20H,2,5-9H2,1,3-4H3. The van der Waals surface area contributed by atoms with Gasteiger partial charge in [0.05, 0.1) is 6.61 Å². The van der Waals surface area contributed by atoms with Crippen molar-refractivity contribution in [3.63, 3.8) is 0 Å². The highest BCUT2D eigenvalue weighted by molar-refractivity contribution is 6.00. The van der Waals surface area contributed by atoms with Gasteiger partial charge in [0.15, 0.2) is 5.78 Å². The summed E-state index contributed by atoms with van der Waals surface area (Å²) in [5.74, 6) is -1.06. The van der Waals surface area contributed by atoms with E-state index >= 15 is 0 Å². The SMILES string of the molecule is C=C(CO)C1CCC(C)C2CC(=O)C(COC(C)=O)=C2C1OC(C)=O. The van der Waals surface area contributed by atoms with Gasteiger partial charge in [-0.1, -0.05) is 13.5 Å². The summed E-state index contributed by atoms with van der Waals surface area (Å²) in [7, 11) is 0. The first-order valence-electron chi connectivity index (χ1n) is 8.61. The fraction of sp³-hybridized carbons (Fsp3) is 0.632. The van der Waals surface area contributed by atoms with Gasteiger partial charge in [-0.25, -0.2) is 0 Å². The molecule has 0 amide bonds. The first kappa shape index (κ1) is 19.4. The first-order valence-corrected chi connectivity index (χ1v) is 8.61. The smallest absolute Gasteiger partial charge is 0.303 e. The maximum absolute atomic E-state index is 12.5. The summed E-state index contributed by atoms with van der Waals surface area (Å²) in [6, 6.07) is 0. The zero-order valence-corrected chi connectivity index (χ0v) is 15.0. The minimum Gasteiger partial charge on any atom is -0.461 e. The summed E-state index contributed by atoms with van der Waals surface area (Å²) >= 11 is 0. The second-order valence-corrected chi connectivity index (χ2v) is 6.96. The largest absolute Gasteiger partial charge is 0.461 e. The third-order valence-corrected chi connectivity index (χ3v) is 5.22. The topological polar surface area (TPSA) is 89.9 Å². The Kier molecular flexibility index (Phi) is 6.16. The number of aliphatic hydroxyl groups excluding tert-OH is 1. The molecule has 0 bridgehead atoms. The normalized spacial score (nSPS) is 29.0. The fourth-order valence-corrected chi connectivity index (χ4v) is 3.92. The van der Waals surface area contributed by atoms with E-state index in [0.29, 0.717) is 24.0 Å². The molecule has 1 fully saturated rings. The van der Waals surface area contributed by atoms with Crippen LogP contribution in [0.2, 0.25) is 0 Å². The molecule has 0 heterocycles. The molecule has 2 rings (SSSR count). The van der Waals surface area contributed by atoms with Crippen LogP contribution in [-0.4, -0.2) is 42.1 Å². The third-order valence-electron chi connectivity index (χ3n) is 5.22. The summed E-state index contributed by atoms with van der Waals surface area (Å²) in [6.45, 7) is 8.29. The third kappa shape index (κ3) is 4.18. The lowest BCUT2D eigenvalue weighted by Gasteiger charge is -2.29.